The zero-order valence-electron chi connectivity index (χ0n) is 20.2. The number of benzene rings is 3. The number of amidine groups is 1. The first kappa shape index (κ1) is 27.0. The number of pyridine rings is 1. The number of aromatic hydroxyl groups is 1. The maximum atomic E-state index is 14.7. The number of alkyl halides is 6. The predicted octanol–water partition coefficient (Wildman–Crippen LogP) is 7.52. The Morgan fingerprint density at radius 1 is 0.825 bits per heavy atom. The molecule has 5 nitrogen and oxygen atoms in total. The third-order valence-electron chi connectivity index (χ3n) is 6.22. The predicted molar refractivity (Wildman–Crippen MR) is 130 cm³/mol. The second kappa shape index (κ2) is 10.2. The van der Waals surface area contributed by atoms with Crippen molar-refractivity contribution in [1.82, 2.24) is 9.88 Å². The average molecular weight is 561 g/mol. The van der Waals surface area contributed by atoms with Gasteiger partial charge >= 0.3 is 12.4 Å². The van der Waals surface area contributed by atoms with E-state index in [4.69, 9.17) is 4.84 Å². The van der Waals surface area contributed by atoms with Crippen molar-refractivity contribution in [2.75, 3.05) is 0 Å². The van der Waals surface area contributed by atoms with Crippen LogP contribution in [0.2, 0.25) is 0 Å². The van der Waals surface area contributed by atoms with E-state index in [2.05, 4.69) is 10.1 Å². The quantitative estimate of drug-likeness (QED) is 0.256. The van der Waals surface area contributed by atoms with E-state index in [0.29, 0.717) is 28.8 Å². The van der Waals surface area contributed by atoms with Crippen LogP contribution in [0.4, 0.5) is 30.7 Å². The summed E-state index contributed by atoms with van der Waals surface area (Å²) in [5.41, 5.74) is -2.07. The molecule has 1 aromatic heterocycles. The van der Waals surface area contributed by atoms with Crippen LogP contribution in [-0.2, 0) is 23.7 Å². The Balaban J connectivity index is 1.63. The normalized spacial score (nSPS) is 15.6. The largest absolute Gasteiger partial charge is 0.508 e. The van der Waals surface area contributed by atoms with Gasteiger partial charge in [-0.3, -0.25) is 4.98 Å². The highest BCUT2D eigenvalue weighted by atomic mass is 19.4. The smallest absolute Gasteiger partial charge is 0.416 e. The zero-order chi connectivity index (χ0) is 28.7. The minimum absolute atomic E-state index is 0.0297. The number of oxime groups is 1. The molecule has 0 spiro atoms. The summed E-state index contributed by atoms with van der Waals surface area (Å²) in [4.78, 5) is 10.9. The highest BCUT2D eigenvalue weighted by Gasteiger charge is 2.40. The van der Waals surface area contributed by atoms with Crippen LogP contribution in [0, 0.1) is 5.82 Å². The second-order valence-electron chi connectivity index (χ2n) is 8.90. The first-order chi connectivity index (χ1) is 18.9. The fourth-order valence-electron chi connectivity index (χ4n) is 4.35. The summed E-state index contributed by atoms with van der Waals surface area (Å²) >= 11 is 0. The van der Waals surface area contributed by atoms with E-state index in [0.717, 1.165) is 0 Å². The van der Waals surface area contributed by atoms with Gasteiger partial charge in [-0.1, -0.05) is 23.4 Å². The Kier molecular flexibility index (Phi) is 6.86. The molecule has 206 valence electrons. The number of aromatic nitrogens is 1. The maximum absolute atomic E-state index is 14.7. The van der Waals surface area contributed by atoms with Crippen LogP contribution < -0.4 is 0 Å². The highest BCUT2D eigenvalue weighted by molar-refractivity contribution is 5.99. The van der Waals surface area contributed by atoms with E-state index in [9.17, 15) is 35.8 Å². The van der Waals surface area contributed by atoms with Crippen molar-refractivity contribution in [3.05, 3.63) is 119 Å². The van der Waals surface area contributed by atoms with Crippen molar-refractivity contribution in [1.29, 1.82) is 0 Å². The molecule has 0 amide bonds. The third-order valence-corrected chi connectivity index (χ3v) is 6.22. The van der Waals surface area contributed by atoms with E-state index in [1.54, 1.807) is 12.1 Å². The minimum atomic E-state index is -5.07. The molecule has 12 heteroatoms. The summed E-state index contributed by atoms with van der Waals surface area (Å²) in [5, 5.41) is 13.7. The summed E-state index contributed by atoms with van der Waals surface area (Å²) in [6.45, 7) is -0.181. The van der Waals surface area contributed by atoms with Gasteiger partial charge in [0.2, 0.25) is 6.23 Å². The van der Waals surface area contributed by atoms with Gasteiger partial charge in [-0.05, 0) is 65.7 Å². The summed E-state index contributed by atoms with van der Waals surface area (Å²) in [7, 11) is 0. The van der Waals surface area contributed by atoms with Crippen LogP contribution in [0.3, 0.4) is 0 Å². The van der Waals surface area contributed by atoms with Gasteiger partial charge in [0.05, 0.1) is 17.7 Å². The van der Waals surface area contributed by atoms with Crippen molar-refractivity contribution in [3.8, 4) is 16.9 Å². The molecule has 1 atom stereocenters. The molecule has 0 saturated heterocycles. The molecule has 1 unspecified atom stereocenters. The number of phenols is 1. The summed E-state index contributed by atoms with van der Waals surface area (Å²) in [6.07, 6.45) is -8.80. The number of rotatable bonds is 5. The Morgan fingerprint density at radius 3 is 2.10 bits per heavy atom. The first-order valence-electron chi connectivity index (χ1n) is 11.7. The van der Waals surface area contributed by atoms with Gasteiger partial charge in [-0.15, -0.1) is 0 Å². The molecule has 0 radical (unpaired) electrons. The molecule has 5 rings (SSSR count). The maximum Gasteiger partial charge on any atom is 0.416 e. The van der Waals surface area contributed by atoms with Gasteiger partial charge in [0.1, 0.15) is 11.6 Å². The molecular formula is C28H18F7N3O2. The lowest BCUT2D eigenvalue weighted by Gasteiger charge is -2.27. The first-order valence-corrected chi connectivity index (χ1v) is 11.7. The number of hydrogen-bond donors (Lipinski definition) is 1. The van der Waals surface area contributed by atoms with Crippen LogP contribution in [0.15, 0.2) is 90.3 Å². The lowest BCUT2D eigenvalue weighted by Crippen LogP contribution is -2.31. The molecule has 1 aliphatic rings. The van der Waals surface area contributed by atoms with Crippen LogP contribution in [0.1, 0.15) is 34.0 Å². The third kappa shape index (κ3) is 5.42. The van der Waals surface area contributed by atoms with Gasteiger partial charge in [0, 0.05) is 29.1 Å². The van der Waals surface area contributed by atoms with Gasteiger partial charge in [0.15, 0.2) is 5.84 Å². The van der Waals surface area contributed by atoms with E-state index < -0.39 is 41.1 Å². The summed E-state index contributed by atoms with van der Waals surface area (Å²) in [5.74, 6) is -0.545. The monoisotopic (exact) mass is 561 g/mol. The average Bonchev–Trinajstić information content (AvgIpc) is 3.32. The molecule has 3 aromatic carbocycles. The molecular weight excluding hydrogens is 543 g/mol. The van der Waals surface area contributed by atoms with Crippen molar-refractivity contribution in [2.45, 2.75) is 25.1 Å². The van der Waals surface area contributed by atoms with Crippen LogP contribution in [0.25, 0.3) is 11.1 Å². The Hall–Kier alpha value is -4.61. The van der Waals surface area contributed by atoms with Gasteiger partial charge in [-0.25, -0.2) is 4.39 Å². The molecule has 0 bridgehead atoms. The lowest BCUT2D eigenvalue weighted by molar-refractivity contribution is -0.143. The topological polar surface area (TPSA) is 58.0 Å². The minimum Gasteiger partial charge on any atom is -0.508 e. The Morgan fingerprint density at radius 2 is 1.48 bits per heavy atom. The molecule has 0 fully saturated rings. The number of nitrogens with zero attached hydrogens (tertiary/aromatic N) is 3. The van der Waals surface area contributed by atoms with Gasteiger partial charge < -0.3 is 14.8 Å². The van der Waals surface area contributed by atoms with Crippen LogP contribution in [-0.4, -0.2) is 20.8 Å². The SMILES string of the molecule is Oc1ccc(C2=NOC(c3cc(C(F)(F)F)cc(C(F)(F)F)c3)N2Cc2cnccc2-c2ccccc2F)cc1. The number of halogens is 7. The van der Waals surface area contributed by atoms with E-state index in [1.165, 1.54) is 59.8 Å². The molecule has 0 aliphatic carbocycles. The standard InChI is InChI=1S/C28H18F7N3O2/c29-24-4-2-1-3-23(24)22-9-10-36-14-18(22)15-38-25(16-5-7-21(39)8-6-16)37-40-26(38)17-11-19(27(30,31)32)13-20(12-17)28(33,34)35/h1-14,26,39H,15H2. The number of phenolic OH excluding ortho intramolecular Hbond substituents is 1. The zero-order valence-corrected chi connectivity index (χ0v) is 20.2. The molecule has 1 N–H and O–H groups in total. The molecule has 0 saturated carbocycles. The Labute approximate surface area is 222 Å². The van der Waals surface area contributed by atoms with Crippen LogP contribution >= 0.6 is 0 Å². The molecule has 4 aromatic rings. The van der Waals surface area contributed by atoms with Gasteiger partial charge in [0.25, 0.3) is 0 Å². The molecule has 40 heavy (non-hydrogen) atoms. The summed E-state index contributed by atoms with van der Waals surface area (Å²) in [6, 6.07) is 14.2. The second-order valence-corrected chi connectivity index (χ2v) is 8.90. The fourth-order valence-corrected chi connectivity index (χ4v) is 4.35. The van der Waals surface area contributed by atoms with E-state index in [-0.39, 0.29) is 29.8 Å². The Bertz CT molecular complexity index is 1540. The number of hydrogen-bond acceptors (Lipinski definition) is 5. The van der Waals surface area contributed by atoms with Crippen molar-refractivity contribution < 1.29 is 40.7 Å². The highest BCUT2D eigenvalue weighted by Crippen LogP contribution is 2.41. The summed E-state index contributed by atoms with van der Waals surface area (Å²) < 4.78 is 96.3. The van der Waals surface area contributed by atoms with E-state index >= 15 is 0 Å². The van der Waals surface area contributed by atoms with Gasteiger partial charge in [-0.2, -0.15) is 26.3 Å². The fraction of sp³-hybridized carbons (Fsp3) is 0.143. The van der Waals surface area contributed by atoms with Crippen molar-refractivity contribution >= 4 is 5.84 Å². The molecule has 2 heterocycles. The van der Waals surface area contributed by atoms with Crippen LogP contribution in [0.5, 0.6) is 5.75 Å². The molecule has 1 aliphatic heterocycles. The van der Waals surface area contributed by atoms with Crippen molar-refractivity contribution in [2.24, 2.45) is 5.16 Å². The van der Waals surface area contributed by atoms with Crippen molar-refractivity contribution in [3.63, 3.8) is 0 Å². The lowest BCUT2D eigenvalue weighted by atomic mass is 9.99. The van der Waals surface area contributed by atoms with E-state index in [1.807, 2.05) is 0 Å².